The van der Waals surface area contributed by atoms with E-state index in [-0.39, 0.29) is 17.9 Å². The highest BCUT2D eigenvalue weighted by Crippen LogP contribution is 2.42. The number of hydrogen-bond acceptors (Lipinski definition) is 3. The third-order valence-corrected chi connectivity index (χ3v) is 6.33. The second-order valence-corrected chi connectivity index (χ2v) is 8.05. The van der Waals surface area contributed by atoms with Gasteiger partial charge in [-0.1, -0.05) is 30.3 Å². The van der Waals surface area contributed by atoms with Crippen LogP contribution in [0.2, 0.25) is 0 Å². The maximum absolute atomic E-state index is 13.4. The Hall–Kier alpha value is -2.86. The van der Waals surface area contributed by atoms with Gasteiger partial charge in [0.15, 0.2) is 0 Å². The molecule has 0 radical (unpaired) electrons. The number of quaternary nitrogens is 1. The molecule has 1 aliphatic heterocycles. The van der Waals surface area contributed by atoms with Crippen molar-refractivity contribution >= 4 is 11.8 Å². The van der Waals surface area contributed by atoms with Gasteiger partial charge in [0, 0.05) is 25.6 Å². The zero-order valence-corrected chi connectivity index (χ0v) is 19.0. The van der Waals surface area contributed by atoms with Crippen LogP contribution >= 0.6 is 0 Å². The van der Waals surface area contributed by atoms with Crippen LogP contribution in [0, 0.1) is 0 Å². The van der Waals surface area contributed by atoms with E-state index in [1.54, 1.807) is 19.1 Å². The van der Waals surface area contributed by atoms with E-state index in [4.69, 9.17) is 4.74 Å². The molecule has 0 spiro atoms. The molecule has 6 heteroatoms. The highest BCUT2D eigenvalue weighted by molar-refractivity contribution is 6.01. The fraction of sp³-hybridized carbons (Fsp3) is 0.440. The lowest BCUT2D eigenvalue weighted by Gasteiger charge is -2.39. The van der Waals surface area contributed by atoms with Crippen LogP contribution in [0.3, 0.4) is 0 Å². The second kappa shape index (κ2) is 10.4. The first-order valence-corrected chi connectivity index (χ1v) is 11.1. The molecule has 2 amide bonds. The molecule has 1 aliphatic rings. The molecule has 2 N–H and O–H groups in total. The van der Waals surface area contributed by atoms with Crippen molar-refractivity contribution in [2.24, 2.45) is 0 Å². The summed E-state index contributed by atoms with van der Waals surface area (Å²) in [6.07, 6.45) is 0.930. The minimum Gasteiger partial charge on any atom is -0.497 e. The molecule has 2 aromatic rings. The summed E-state index contributed by atoms with van der Waals surface area (Å²) in [6.45, 7) is 8.22. The number of methoxy groups -OCH3 is 1. The molecule has 0 bridgehead atoms. The molecule has 0 aliphatic carbocycles. The van der Waals surface area contributed by atoms with Gasteiger partial charge >= 0.3 is 0 Å². The Bertz CT molecular complexity index is 893. The minimum absolute atomic E-state index is 0.0397. The summed E-state index contributed by atoms with van der Waals surface area (Å²) in [4.78, 5) is 29.7. The highest BCUT2D eigenvalue weighted by Gasteiger charge is 2.42. The topological polar surface area (TPSA) is 63.1 Å². The van der Waals surface area contributed by atoms with E-state index in [1.165, 1.54) is 4.90 Å². The molecular formula is C25H34N3O3+. The summed E-state index contributed by atoms with van der Waals surface area (Å²) in [5, 5.41) is 3.14. The molecule has 2 aromatic carbocycles. The molecule has 0 aromatic heterocycles. The molecule has 3 rings (SSSR count). The first-order chi connectivity index (χ1) is 15.0. The van der Waals surface area contributed by atoms with Crippen LogP contribution in [-0.4, -0.2) is 57.1 Å². The van der Waals surface area contributed by atoms with E-state index in [0.29, 0.717) is 12.1 Å². The van der Waals surface area contributed by atoms with Crippen LogP contribution in [0.4, 0.5) is 0 Å². The SMILES string of the molecule is CC[NH+](CC)CCCNC(=O)C1c2ccccc2C(=O)N(C)C1c1ccc(OC)cc1. The van der Waals surface area contributed by atoms with Gasteiger partial charge in [-0.05, 0) is 43.2 Å². The lowest BCUT2D eigenvalue weighted by Crippen LogP contribution is -3.11. The zero-order valence-electron chi connectivity index (χ0n) is 19.0. The van der Waals surface area contributed by atoms with Gasteiger partial charge in [-0.2, -0.15) is 0 Å². The molecule has 1 heterocycles. The quantitative estimate of drug-likeness (QED) is 0.606. The van der Waals surface area contributed by atoms with E-state index in [9.17, 15) is 9.59 Å². The fourth-order valence-electron chi connectivity index (χ4n) is 4.44. The van der Waals surface area contributed by atoms with Crippen LogP contribution in [-0.2, 0) is 4.79 Å². The van der Waals surface area contributed by atoms with E-state index in [0.717, 1.165) is 42.9 Å². The molecule has 0 fully saturated rings. The van der Waals surface area contributed by atoms with Crippen molar-refractivity contribution < 1.29 is 19.2 Å². The lowest BCUT2D eigenvalue weighted by molar-refractivity contribution is -0.896. The Kier molecular flexibility index (Phi) is 7.69. The molecular weight excluding hydrogens is 390 g/mol. The maximum Gasteiger partial charge on any atom is 0.254 e. The Labute approximate surface area is 185 Å². The van der Waals surface area contributed by atoms with Gasteiger partial charge in [-0.3, -0.25) is 9.59 Å². The number of carbonyl (C=O) groups is 2. The number of ether oxygens (including phenoxy) is 1. The molecule has 0 saturated heterocycles. The summed E-state index contributed by atoms with van der Waals surface area (Å²) < 4.78 is 5.28. The number of fused-ring (bicyclic) bond motifs is 1. The number of rotatable bonds is 9. The van der Waals surface area contributed by atoms with Gasteiger partial charge in [0.1, 0.15) is 5.75 Å². The van der Waals surface area contributed by atoms with Crippen molar-refractivity contribution in [1.29, 1.82) is 0 Å². The number of carbonyl (C=O) groups excluding carboxylic acids is 2. The van der Waals surface area contributed by atoms with Crippen molar-refractivity contribution in [3.63, 3.8) is 0 Å². The molecule has 166 valence electrons. The number of hydrogen-bond donors (Lipinski definition) is 2. The van der Waals surface area contributed by atoms with Gasteiger partial charge in [0.25, 0.3) is 5.91 Å². The summed E-state index contributed by atoms with van der Waals surface area (Å²) >= 11 is 0. The van der Waals surface area contributed by atoms with Crippen molar-refractivity contribution in [1.82, 2.24) is 10.2 Å². The van der Waals surface area contributed by atoms with Gasteiger partial charge in [0.2, 0.25) is 5.91 Å². The molecule has 2 unspecified atom stereocenters. The van der Waals surface area contributed by atoms with Crippen molar-refractivity contribution in [2.45, 2.75) is 32.2 Å². The van der Waals surface area contributed by atoms with E-state index in [1.807, 2.05) is 48.5 Å². The predicted molar refractivity (Wildman–Crippen MR) is 122 cm³/mol. The van der Waals surface area contributed by atoms with Crippen LogP contribution in [0.25, 0.3) is 0 Å². The Balaban J connectivity index is 1.87. The fourth-order valence-corrected chi connectivity index (χ4v) is 4.44. The van der Waals surface area contributed by atoms with E-state index >= 15 is 0 Å². The van der Waals surface area contributed by atoms with Crippen molar-refractivity contribution in [2.75, 3.05) is 40.3 Å². The lowest BCUT2D eigenvalue weighted by atomic mass is 9.79. The second-order valence-electron chi connectivity index (χ2n) is 8.05. The number of nitrogens with zero attached hydrogens (tertiary/aromatic N) is 1. The maximum atomic E-state index is 13.4. The van der Waals surface area contributed by atoms with E-state index < -0.39 is 5.92 Å². The Morgan fingerprint density at radius 1 is 1.10 bits per heavy atom. The summed E-state index contributed by atoms with van der Waals surface area (Å²) in [7, 11) is 3.40. The summed E-state index contributed by atoms with van der Waals surface area (Å²) in [5.74, 6) is 0.176. The number of nitrogens with one attached hydrogen (secondary N) is 2. The van der Waals surface area contributed by atoms with Gasteiger partial charge in [-0.15, -0.1) is 0 Å². The highest BCUT2D eigenvalue weighted by atomic mass is 16.5. The average Bonchev–Trinajstić information content (AvgIpc) is 2.81. The normalized spacial score (nSPS) is 18.1. The first kappa shape index (κ1) is 22.8. The number of amides is 2. The van der Waals surface area contributed by atoms with Crippen LogP contribution in [0.15, 0.2) is 48.5 Å². The first-order valence-electron chi connectivity index (χ1n) is 11.1. The van der Waals surface area contributed by atoms with Gasteiger partial charge in [-0.25, -0.2) is 0 Å². The van der Waals surface area contributed by atoms with Gasteiger partial charge < -0.3 is 19.9 Å². The van der Waals surface area contributed by atoms with Crippen LogP contribution in [0.5, 0.6) is 5.75 Å². The zero-order chi connectivity index (χ0) is 22.4. The largest absolute Gasteiger partial charge is 0.497 e. The summed E-state index contributed by atoms with van der Waals surface area (Å²) in [5.41, 5.74) is 2.31. The molecule has 0 saturated carbocycles. The number of benzene rings is 2. The Morgan fingerprint density at radius 2 is 1.77 bits per heavy atom. The van der Waals surface area contributed by atoms with Crippen molar-refractivity contribution in [3.05, 3.63) is 65.2 Å². The van der Waals surface area contributed by atoms with E-state index in [2.05, 4.69) is 19.2 Å². The standard InChI is InChI=1S/C25H33N3O3/c1-5-28(6-2)17-9-16-26-24(29)22-20-10-7-8-11-21(20)25(30)27(3)23(22)18-12-14-19(31-4)15-13-18/h7-8,10-15,22-23H,5-6,9,16-17H2,1-4H3,(H,26,29)/p+1. The van der Waals surface area contributed by atoms with Crippen molar-refractivity contribution in [3.8, 4) is 5.75 Å². The minimum atomic E-state index is -0.465. The monoisotopic (exact) mass is 424 g/mol. The third kappa shape index (κ3) is 4.90. The molecule has 2 atom stereocenters. The Morgan fingerprint density at radius 3 is 2.42 bits per heavy atom. The molecule has 6 nitrogen and oxygen atoms in total. The summed E-state index contributed by atoms with van der Waals surface area (Å²) in [6, 6.07) is 14.7. The number of likely N-dealkylation sites (N-methyl/N-ethyl adjacent to an activating group) is 1. The van der Waals surface area contributed by atoms with Crippen LogP contribution in [0.1, 0.15) is 53.7 Å². The van der Waals surface area contributed by atoms with Crippen LogP contribution < -0.4 is 15.0 Å². The smallest absolute Gasteiger partial charge is 0.254 e. The van der Waals surface area contributed by atoms with Gasteiger partial charge in [0.05, 0.1) is 38.7 Å². The third-order valence-electron chi connectivity index (χ3n) is 6.33. The molecule has 31 heavy (non-hydrogen) atoms. The average molecular weight is 425 g/mol. The predicted octanol–water partition coefficient (Wildman–Crippen LogP) is 2.04.